The highest BCUT2D eigenvalue weighted by Gasteiger charge is 2.20. The second-order valence-electron chi connectivity index (χ2n) is 8.26. The Morgan fingerprint density at radius 2 is 1.73 bits per heavy atom. The number of anilines is 1. The molecule has 0 radical (unpaired) electrons. The number of hydrogen-bond acceptors (Lipinski definition) is 4. The van der Waals surface area contributed by atoms with E-state index in [0.717, 1.165) is 10.1 Å². The number of carbonyl (C=O) groups is 1. The molecule has 0 unspecified atom stereocenters. The molecule has 0 spiro atoms. The summed E-state index contributed by atoms with van der Waals surface area (Å²) in [5.74, 6) is -0.227. The quantitative estimate of drug-likeness (QED) is 0.453. The first-order valence-corrected chi connectivity index (χ1v) is 11.0. The van der Waals surface area contributed by atoms with E-state index in [1.165, 1.54) is 4.57 Å². The maximum atomic E-state index is 13.4. The largest absolute Gasteiger partial charge is 0.333 e. The van der Waals surface area contributed by atoms with E-state index < -0.39 is 23.7 Å². The highest BCUT2D eigenvalue weighted by atomic mass is 35.5. The molecule has 8 nitrogen and oxygen atoms in total. The molecule has 33 heavy (non-hydrogen) atoms. The lowest BCUT2D eigenvalue weighted by Crippen LogP contribution is -2.43. The van der Waals surface area contributed by atoms with Crippen molar-refractivity contribution in [1.82, 2.24) is 18.7 Å². The zero-order valence-corrected chi connectivity index (χ0v) is 19.1. The summed E-state index contributed by atoms with van der Waals surface area (Å²) in [6.07, 6.45) is 1.57. The van der Waals surface area contributed by atoms with Gasteiger partial charge in [-0.15, -0.1) is 0 Å². The van der Waals surface area contributed by atoms with Crippen molar-refractivity contribution in [1.29, 1.82) is 0 Å². The van der Waals surface area contributed by atoms with Gasteiger partial charge in [-0.2, -0.15) is 0 Å². The second-order valence-corrected chi connectivity index (χ2v) is 8.70. The third-order valence-electron chi connectivity index (χ3n) is 5.16. The molecule has 9 heteroatoms. The number of imidazole rings is 1. The molecule has 0 fully saturated rings. The first-order valence-electron chi connectivity index (χ1n) is 10.6. The van der Waals surface area contributed by atoms with Gasteiger partial charge in [-0.25, -0.2) is 14.3 Å². The van der Waals surface area contributed by atoms with Gasteiger partial charge in [0.15, 0.2) is 11.2 Å². The van der Waals surface area contributed by atoms with Gasteiger partial charge in [0.1, 0.15) is 6.54 Å². The molecule has 2 aromatic heterocycles. The lowest BCUT2D eigenvalue weighted by Gasteiger charge is -2.13. The fourth-order valence-electron chi connectivity index (χ4n) is 3.70. The molecule has 0 saturated heterocycles. The number of nitrogens with zero attached hydrogens (tertiary/aromatic N) is 4. The number of benzene rings is 2. The Morgan fingerprint density at radius 1 is 1.03 bits per heavy atom. The summed E-state index contributed by atoms with van der Waals surface area (Å²) >= 11 is 5.89. The standard InChI is InChI=1S/C24H24ClN5O3/c1-16(2)12-28-15-26-22-21(28)23(32)30(14-20(31)27-19-10-8-18(25)9-11-19)24(33)29(22)13-17-6-4-3-5-7-17/h3-11,15-16H,12-14H2,1-2H3,(H,27,31). The third kappa shape index (κ3) is 4.90. The molecule has 0 saturated carbocycles. The van der Waals surface area contributed by atoms with Gasteiger partial charge in [0.25, 0.3) is 5.56 Å². The van der Waals surface area contributed by atoms with Crippen molar-refractivity contribution in [3.63, 3.8) is 0 Å². The average Bonchev–Trinajstić information content (AvgIpc) is 3.19. The normalized spacial score (nSPS) is 11.3. The summed E-state index contributed by atoms with van der Waals surface area (Å²) in [5, 5.41) is 3.24. The maximum absolute atomic E-state index is 13.4. The summed E-state index contributed by atoms with van der Waals surface area (Å²) < 4.78 is 4.16. The van der Waals surface area contributed by atoms with Gasteiger partial charge in [0, 0.05) is 17.3 Å². The first-order chi connectivity index (χ1) is 15.8. The molecule has 2 aromatic carbocycles. The van der Waals surface area contributed by atoms with Crippen LogP contribution in [0, 0.1) is 5.92 Å². The van der Waals surface area contributed by atoms with Crippen molar-refractivity contribution in [3.8, 4) is 0 Å². The smallest absolute Gasteiger partial charge is 0.325 e. The molecular weight excluding hydrogens is 442 g/mol. The van der Waals surface area contributed by atoms with Crippen molar-refractivity contribution in [2.75, 3.05) is 5.32 Å². The molecule has 0 atom stereocenters. The predicted molar refractivity (Wildman–Crippen MR) is 129 cm³/mol. The number of rotatable bonds is 7. The SMILES string of the molecule is CC(C)Cn1cnc2c1c(=O)n(CC(=O)Nc1ccc(Cl)cc1)c(=O)n2Cc1ccccc1. The second kappa shape index (κ2) is 9.46. The Balaban J connectivity index is 1.78. The van der Waals surface area contributed by atoms with E-state index in [1.54, 1.807) is 35.2 Å². The minimum Gasteiger partial charge on any atom is -0.325 e. The van der Waals surface area contributed by atoms with Gasteiger partial charge in [-0.1, -0.05) is 55.8 Å². The minimum atomic E-state index is -0.586. The van der Waals surface area contributed by atoms with Crippen molar-refractivity contribution in [3.05, 3.63) is 92.3 Å². The lowest BCUT2D eigenvalue weighted by molar-refractivity contribution is -0.116. The maximum Gasteiger partial charge on any atom is 0.333 e. The van der Waals surface area contributed by atoms with Gasteiger partial charge in [0.05, 0.1) is 12.9 Å². The van der Waals surface area contributed by atoms with Crippen LogP contribution in [-0.4, -0.2) is 24.6 Å². The van der Waals surface area contributed by atoms with Crippen LogP contribution >= 0.6 is 11.6 Å². The number of aromatic nitrogens is 4. The Morgan fingerprint density at radius 3 is 2.39 bits per heavy atom. The van der Waals surface area contributed by atoms with Crippen molar-refractivity contribution in [2.45, 2.75) is 33.5 Å². The fourth-order valence-corrected chi connectivity index (χ4v) is 3.82. The minimum absolute atomic E-state index is 0.230. The number of carbonyl (C=O) groups excluding carboxylic acids is 1. The van der Waals surface area contributed by atoms with Crippen LogP contribution in [0.2, 0.25) is 5.02 Å². The Kier molecular flexibility index (Phi) is 6.46. The molecule has 0 aliphatic carbocycles. The Bertz CT molecular complexity index is 1400. The van der Waals surface area contributed by atoms with E-state index in [1.807, 2.05) is 44.2 Å². The van der Waals surface area contributed by atoms with Crippen molar-refractivity contribution in [2.24, 2.45) is 5.92 Å². The molecule has 0 aliphatic rings. The number of halogens is 1. The first kappa shape index (κ1) is 22.5. The molecule has 1 amide bonds. The summed E-state index contributed by atoms with van der Waals surface area (Å²) in [6.45, 7) is 4.44. The zero-order valence-electron chi connectivity index (χ0n) is 18.4. The van der Waals surface area contributed by atoms with Crippen LogP contribution in [0.1, 0.15) is 19.4 Å². The van der Waals surface area contributed by atoms with E-state index in [4.69, 9.17) is 11.6 Å². The van der Waals surface area contributed by atoms with E-state index >= 15 is 0 Å². The summed E-state index contributed by atoms with van der Waals surface area (Å²) in [5.41, 5.74) is 0.895. The molecule has 0 bridgehead atoms. The lowest BCUT2D eigenvalue weighted by atomic mass is 10.2. The van der Waals surface area contributed by atoms with Crippen molar-refractivity contribution >= 4 is 34.4 Å². The van der Waals surface area contributed by atoms with Crippen LogP contribution in [0.3, 0.4) is 0 Å². The highest BCUT2D eigenvalue weighted by Crippen LogP contribution is 2.14. The molecule has 4 rings (SSSR count). The fraction of sp³-hybridized carbons (Fsp3) is 0.250. The van der Waals surface area contributed by atoms with Crippen LogP contribution in [0.5, 0.6) is 0 Å². The summed E-state index contributed by atoms with van der Waals surface area (Å²) in [4.78, 5) is 43.8. The van der Waals surface area contributed by atoms with Gasteiger partial charge in [-0.3, -0.25) is 14.2 Å². The molecule has 0 aliphatic heterocycles. The van der Waals surface area contributed by atoms with Crippen molar-refractivity contribution < 1.29 is 4.79 Å². The Labute approximate surface area is 195 Å². The van der Waals surface area contributed by atoms with Crippen LogP contribution in [0.25, 0.3) is 11.2 Å². The topological polar surface area (TPSA) is 90.9 Å². The predicted octanol–water partition coefficient (Wildman–Crippen LogP) is 3.36. The van der Waals surface area contributed by atoms with E-state index in [2.05, 4.69) is 10.3 Å². The molecule has 170 valence electrons. The summed E-state index contributed by atoms with van der Waals surface area (Å²) in [6, 6.07) is 16.0. The molecule has 4 aromatic rings. The third-order valence-corrected chi connectivity index (χ3v) is 5.41. The van der Waals surface area contributed by atoms with E-state index in [9.17, 15) is 14.4 Å². The van der Waals surface area contributed by atoms with Gasteiger partial charge >= 0.3 is 5.69 Å². The zero-order chi connectivity index (χ0) is 23.5. The van der Waals surface area contributed by atoms with Crippen LogP contribution < -0.4 is 16.6 Å². The van der Waals surface area contributed by atoms with Gasteiger partial charge in [0.2, 0.25) is 5.91 Å². The van der Waals surface area contributed by atoms with Gasteiger partial charge in [-0.05, 0) is 35.7 Å². The van der Waals surface area contributed by atoms with Crippen LogP contribution in [-0.2, 0) is 24.4 Å². The number of amides is 1. The molecule has 1 N–H and O–H groups in total. The highest BCUT2D eigenvalue weighted by molar-refractivity contribution is 6.30. The monoisotopic (exact) mass is 465 g/mol. The Hall–Kier alpha value is -3.65. The van der Waals surface area contributed by atoms with Crippen LogP contribution in [0.4, 0.5) is 5.69 Å². The van der Waals surface area contributed by atoms with E-state index in [-0.39, 0.29) is 12.5 Å². The average molecular weight is 466 g/mol. The van der Waals surface area contributed by atoms with Crippen LogP contribution in [0.15, 0.2) is 70.5 Å². The number of fused-ring (bicyclic) bond motifs is 1. The number of nitrogens with one attached hydrogen (secondary N) is 1. The van der Waals surface area contributed by atoms with E-state index in [0.29, 0.717) is 28.4 Å². The molecule has 2 heterocycles. The summed E-state index contributed by atoms with van der Waals surface area (Å²) in [7, 11) is 0. The molecular formula is C24H24ClN5O3. The number of hydrogen-bond donors (Lipinski definition) is 1. The van der Waals surface area contributed by atoms with Gasteiger partial charge < -0.3 is 9.88 Å².